The van der Waals surface area contributed by atoms with Crippen LogP contribution in [0.25, 0.3) is 22.3 Å². The van der Waals surface area contributed by atoms with Crippen LogP contribution in [0.1, 0.15) is 44.6 Å². The maximum Gasteiger partial charge on any atom is 0.338 e. The van der Waals surface area contributed by atoms with E-state index in [4.69, 9.17) is 9.47 Å². The van der Waals surface area contributed by atoms with Crippen molar-refractivity contribution in [3.05, 3.63) is 119 Å². The molecular weight excluding hydrogens is 412 g/mol. The van der Waals surface area contributed by atoms with Gasteiger partial charge in [0.2, 0.25) is 0 Å². The third-order valence-electron chi connectivity index (χ3n) is 6.66. The number of hydrogen-bond acceptors (Lipinski definition) is 4. The molecule has 33 heavy (non-hydrogen) atoms. The van der Waals surface area contributed by atoms with Crippen LogP contribution in [0.15, 0.2) is 91.0 Å². The maximum atomic E-state index is 13.3. The first-order valence-electron chi connectivity index (χ1n) is 10.9. The van der Waals surface area contributed by atoms with Crippen LogP contribution in [-0.2, 0) is 14.3 Å². The summed E-state index contributed by atoms with van der Waals surface area (Å²) in [6.07, 6.45) is -0.620. The molecule has 0 saturated heterocycles. The Balaban J connectivity index is 1.33. The van der Waals surface area contributed by atoms with Crippen molar-refractivity contribution in [3.63, 3.8) is 0 Å². The first-order valence-corrected chi connectivity index (χ1v) is 10.9. The summed E-state index contributed by atoms with van der Waals surface area (Å²) in [5.74, 6) is -0.432. The monoisotopic (exact) mass is 432 g/mol. The van der Waals surface area contributed by atoms with E-state index < -0.39 is 12.1 Å². The first kappa shape index (κ1) is 19.5. The normalized spacial score (nSPS) is 15.2. The molecule has 4 aromatic rings. The van der Waals surface area contributed by atoms with Crippen LogP contribution >= 0.6 is 0 Å². The summed E-state index contributed by atoms with van der Waals surface area (Å²) in [5.41, 5.74) is 8.54. The van der Waals surface area contributed by atoms with Gasteiger partial charge in [0, 0.05) is 17.0 Å². The van der Waals surface area contributed by atoms with Crippen LogP contribution in [0.3, 0.4) is 0 Å². The van der Waals surface area contributed by atoms with E-state index >= 15 is 0 Å². The third-order valence-corrected chi connectivity index (χ3v) is 6.66. The lowest BCUT2D eigenvalue weighted by Crippen LogP contribution is -2.15. The topological polar surface area (TPSA) is 52.6 Å². The van der Waals surface area contributed by atoms with E-state index in [2.05, 4.69) is 24.3 Å². The van der Waals surface area contributed by atoms with Gasteiger partial charge in [0.15, 0.2) is 6.10 Å². The molecule has 1 unspecified atom stereocenters. The number of esters is 1. The summed E-state index contributed by atoms with van der Waals surface area (Å²) in [7, 11) is 0. The zero-order chi connectivity index (χ0) is 22.4. The number of rotatable bonds is 5. The molecule has 0 spiro atoms. The van der Waals surface area contributed by atoms with Crippen LogP contribution in [0.5, 0.6) is 0 Å². The van der Waals surface area contributed by atoms with Crippen LogP contribution in [0.2, 0.25) is 0 Å². The lowest BCUT2D eigenvalue weighted by atomic mass is 9.97. The predicted molar refractivity (Wildman–Crippen MR) is 125 cm³/mol. The van der Waals surface area contributed by atoms with Gasteiger partial charge in [-0.15, -0.1) is 0 Å². The van der Waals surface area contributed by atoms with E-state index in [-0.39, 0.29) is 12.5 Å². The van der Waals surface area contributed by atoms with Gasteiger partial charge in [-0.2, -0.15) is 0 Å². The van der Waals surface area contributed by atoms with E-state index in [9.17, 15) is 9.59 Å². The fourth-order valence-corrected chi connectivity index (χ4v) is 5.26. The van der Waals surface area contributed by atoms with E-state index in [1.165, 1.54) is 22.3 Å². The van der Waals surface area contributed by atoms with E-state index in [0.717, 1.165) is 16.7 Å². The fraction of sp³-hybridized carbons (Fsp3) is 0.103. The summed E-state index contributed by atoms with van der Waals surface area (Å²) in [6.45, 7) is 0.674. The molecular formula is C29H20O4. The number of carbonyl (C=O) groups excluding carboxylic acids is 2. The third kappa shape index (κ3) is 2.99. The molecule has 0 fully saturated rings. The molecule has 2 aliphatic carbocycles. The van der Waals surface area contributed by atoms with Crippen molar-refractivity contribution in [2.45, 2.75) is 12.0 Å². The van der Waals surface area contributed by atoms with E-state index in [0.29, 0.717) is 17.6 Å². The number of hydrogen-bond donors (Lipinski definition) is 0. The molecule has 160 valence electrons. The second kappa shape index (κ2) is 7.75. The van der Waals surface area contributed by atoms with Crippen molar-refractivity contribution in [1.82, 2.24) is 0 Å². The van der Waals surface area contributed by atoms with Gasteiger partial charge in [0.1, 0.15) is 6.61 Å². The van der Waals surface area contributed by atoms with Gasteiger partial charge in [-0.3, -0.25) is 4.79 Å². The second-order valence-corrected chi connectivity index (χ2v) is 8.29. The van der Waals surface area contributed by atoms with Crippen molar-refractivity contribution in [2.75, 3.05) is 6.61 Å². The Kier molecular flexibility index (Phi) is 4.58. The second-order valence-electron chi connectivity index (χ2n) is 8.29. The summed E-state index contributed by atoms with van der Waals surface area (Å²) >= 11 is 0. The molecule has 0 saturated carbocycles. The van der Waals surface area contributed by atoms with Gasteiger partial charge in [-0.1, -0.05) is 84.9 Å². The molecule has 1 atom stereocenters. The highest BCUT2D eigenvalue weighted by Crippen LogP contribution is 2.47. The molecule has 0 N–H and O–H groups in total. The lowest BCUT2D eigenvalue weighted by Gasteiger charge is -2.17. The average molecular weight is 432 g/mol. The van der Waals surface area contributed by atoms with E-state index in [1.54, 1.807) is 6.07 Å². The van der Waals surface area contributed by atoms with Crippen molar-refractivity contribution < 1.29 is 19.1 Å². The minimum atomic E-state index is -0.620. The van der Waals surface area contributed by atoms with Crippen molar-refractivity contribution in [1.29, 1.82) is 0 Å². The van der Waals surface area contributed by atoms with Crippen LogP contribution in [0, 0.1) is 0 Å². The highest BCUT2D eigenvalue weighted by atomic mass is 16.5. The highest BCUT2D eigenvalue weighted by molar-refractivity contribution is 5.96. The molecule has 4 aromatic carbocycles. The Labute approximate surface area is 191 Å². The van der Waals surface area contributed by atoms with Crippen LogP contribution < -0.4 is 0 Å². The van der Waals surface area contributed by atoms with E-state index in [1.807, 2.05) is 60.7 Å². The number of ether oxygens (including phenoxy) is 2. The molecule has 0 heterocycles. The summed E-state index contributed by atoms with van der Waals surface area (Å²) in [6, 6.07) is 29.8. The zero-order valence-electron chi connectivity index (χ0n) is 17.7. The summed E-state index contributed by atoms with van der Waals surface area (Å²) in [5, 5.41) is 0. The number of carbonyl (C=O) groups is 2. The molecule has 4 nitrogen and oxygen atoms in total. The Hall–Kier alpha value is -4.18. The average Bonchev–Trinajstić information content (AvgIpc) is 3.36. The Morgan fingerprint density at radius 3 is 1.88 bits per heavy atom. The quantitative estimate of drug-likeness (QED) is 0.291. The molecule has 2 aliphatic rings. The number of fused-ring (bicyclic) bond motifs is 6. The van der Waals surface area contributed by atoms with Crippen molar-refractivity contribution in [2.24, 2.45) is 0 Å². The Morgan fingerprint density at radius 2 is 1.24 bits per heavy atom. The zero-order valence-corrected chi connectivity index (χ0v) is 17.7. The van der Waals surface area contributed by atoms with Crippen LogP contribution in [0.4, 0.5) is 0 Å². The molecule has 0 aromatic heterocycles. The molecule has 6 rings (SSSR count). The maximum absolute atomic E-state index is 13.3. The smallest absolute Gasteiger partial charge is 0.338 e. The molecule has 0 aliphatic heterocycles. The molecule has 0 radical (unpaired) electrons. The van der Waals surface area contributed by atoms with Crippen LogP contribution in [-0.4, -0.2) is 19.0 Å². The van der Waals surface area contributed by atoms with Gasteiger partial charge in [0.05, 0.1) is 5.56 Å². The fourth-order valence-electron chi connectivity index (χ4n) is 5.26. The van der Waals surface area contributed by atoms with Gasteiger partial charge in [0.25, 0.3) is 6.47 Å². The molecule has 0 bridgehead atoms. The van der Waals surface area contributed by atoms with Gasteiger partial charge in [-0.05, 0) is 39.4 Å². The van der Waals surface area contributed by atoms with Gasteiger partial charge < -0.3 is 9.47 Å². The molecule has 4 heteroatoms. The lowest BCUT2D eigenvalue weighted by molar-refractivity contribution is -0.132. The highest BCUT2D eigenvalue weighted by Gasteiger charge is 2.35. The first-order chi connectivity index (χ1) is 16.3. The van der Waals surface area contributed by atoms with Gasteiger partial charge in [-0.25, -0.2) is 4.79 Å². The minimum absolute atomic E-state index is 0.0164. The molecule has 0 amide bonds. The SMILES string of the molecule is O=COC1c2ccccc2-c2cccc(C(=O)OCC3c4ccccc4-c4ccccc43)c21. The Morgan fingerprint density at radius 1 is 0.697 bits per heavy atom. The summed E-state index contributed by atoms with van der Waals surface area (Å²) in [4.78, 5) is 24.6. The number of benzene rings is 4. The largest absolute Gasteiger partial charge is 0.461 e. The summed E-state index contributed by atoms with van der Waals surface area (Å²) < 4.78 is 11.3. The minimum Gasteiger partial charge on any atom is -0.461 e. The predicted octanol–water partition coefficient (Wildman–Crippen LogP) is 5.90. The standard InChI is InChI=1S/C29H20O4/c30-17-33-28-24-13-6-5-12-22(24)23-14-7-15-25(27(23)28)29(31)32-16-26-20-10-3-1-8-18(20)19-9-2-4-11-21(19)26/h1-15,17,26,28H,16H2. The van der Waals surface area contributed by atoms with Crippen molar-refractivity contribution in [3.8, 4) is 22.3 Å². The van der Waals surface area contributed by atoms with Crippen molar-refractivity contribution >= 4 is 12.4 Å². The Bertz CT molecular complexity index is 1360. The van der Waals surface area contributed by atoms with Gasteiger partial charge >= 0.3 is 5.97 Å².